The van der Waals surface area contributed by atoms with Crippen LogP contribution in [0.1, 0.15) is 20.8 Å². The number of hydrogen-bond acceptors (Lipinski definition) is 4. The molecule has 0 aromatic heterocycles. The van der Waals surface area contributed by atoms with Gasteiger partial charge >= 0.3 is 5.97 Å². The number of ether oxygens (including phenoxy) is 1. The van der Waals surface area contributed by atoms with Crippen LogP contribution in [0.15, 0.2) is 35.5 Å². The summed E-state index contributed by atoms with van der Waals surface area (Å²) in [5.74, 6) is -0.740. The molecule has 5 heteroatoms. The third kappa shape index (κ3) is 2.27. The van der Waals surface area contributed by atoms with Gasteiger partial charge in [0.1, 0.15) is 0 Å². The minimum absolute atomic E-state index is 0.250. The van der Waals surface area contributed by atoms with Crippen LogP contribution in [0.25, 0.3) is 0 Å². The Morgan fingerprint density at radius 3 is 2.62 bits per heavy atom. The highest BCUT2D eigenvalue weighted by molar-refractivity contribution is 5.98. The Labute approximate surface area is 124 Å². The van der Waals surface area contributed by atoms with Crippen LogP contribution in [0.3, 0.4) is 0 Å². The summed E-state index contributed by atoms with van der Waals surface area (Å²) in [6.07, 6.45) is 6.26. The summed E-state index contributed by atoms with van der Waals surface area (Å²) >= 11 is 0. The summed E-state index contributed by atoms with van der Waals surface area (Å²) in [5, 5.41) is 9.58. The van der Waals surface area contributed by atoms with Gasteiger partial charge in [-0.15, -0.1) is 0 Å². The highest BCUT2D eigenvalue weighted by atomic mass is 16.5. The third-order valence-corrected chi connectivity index (χ3v) is 3.80. The molecule has 1 heterocycles. The van der Waals surface area contributed by atoms with Crippen molar-refractivity contribution in [1.29, 1.82) is 5.26 Å². The molecule has 2 aliphatic rings. The number of nitriles is 1. The van der Waals surface area contributed by atoms with E-state index in [9.17, 15) is 14.9 Å². The van der Waals surface area contributed by atoms with E-state index in [4.69, 9.17) is 0 Å². The zero-order chi connectivity index (χ0) is 15.8. The van der Waals surface area contributed by atoms with E-state index in [-0.39, 0.29) is 11.4 Å². The molecule has 0 bridgehead atoms. The van der Waals surface area contributed by atoms with Gasteiger partial charge in [-0.05, 0) is 44.6 Å². The van der Waals surface area contributed by atoms with Crippen LogP contribution >= 0.6 is 0 Å². The smallest absolute Gasteiger partial charge is 0.337 e. The fourth-order valence-corrected chi connectivity index (χ4v) is 2.49. The van der Waals surface area contributed by atoms with E-state index in [0.717, 1.165) is 0 Å². The standard InChI is InChI=1S/C16H18N2O3/c1-15(2,3)18-9-12-6-5-11(13(19)21-4)7-8-16(12,10-17)14(18)20/h5-8H,9H2,1-4H3. The monoisotopic (exact) mass is 286 g/mol. The van der Waals surface area contributed by atoms with Crippen LogP contribution < -0.4 is 0 Å². The molecule has 0 aromatic rings. The van der Waals surface area contributed by atoms with Gasteiger partial charge in [-0.25, -0.2) is 4.79 Å². The molecule has 0 saturated carbocycles. The van der Waals surface area contributed by atoms with E-state index in [1.165, 1.54) is 19.3 Å². The van der Waals surface area contributed by atoms with Crippen LogP contribution in [0.5, 0.6) is 0 Å². The molecular formula is C16H18N2O3. The molecule has 1 amide bonds. The van der Waals surface area contributed by atoms with Gasteiger partial charge in [0.15, 0.2) is 5.41 Å². The molecule has 0 spiro atoms. The Hall–Kier alpha value is -2.35. The Morgan fingerprint density at radius 1 is 1.43 bits per heavy atom. The lowest BCUT2D eigenvalue weighted by Gasteiger charge is -2.32. The maximum absolute atomic E-state index is 12.7. The van der Waals surface area contributed by atoms with Crippen molar-refractivity contribution in [2.45, 2.75) is 26.3 Å². The zero-order valence-corrected chi connectivity index (χ0v) is 12.6. The number of carbonyl (C=O) groups excluding carboxylic acids is 2. The van der Waals surface area contributed by atoms with Gasteiger partial charge in [0.25, 0.3) is 5.91 Å². The number of methoxy groups -OCH3 is 1. The lowest BCUT2D eigenvalue weighted by molar-refractivity contribution is -0.136. The average Bonchev–Trinajstić information content (AvgIpc) is 2.60. The minimum Gasteiger partial charge on any atom is -0.465 e. The molecule has 1 atom stereocenters. The fraction of sp³-hybridized carbons (Fsp3) is 0.438. The Balaban J connectivity index is 2.51. The Morgan fingerprint density at radius 2 is 2.10 bits per heavy atom. The van der Waals surface area contributed by atoms with Crippen molar-refractivity contribution in [3.8, 4) is 6.07 Å². The second-order valence-electron chi connectivity index (χ2n) is 6.12. The predicted molar refractivity (Wildman–Crippen MR) is 76.8 cm³/mol. The first-order valence-corrected chi connectivity index (χ1v) is 6.68. The normalized spacial score (nSPS) is 24.7. The van der Waals surface area contributed by atoms with Crippen molar-refractivity contribution in [2.75, 3.05) is 13.7 Å². The first-order valence-electron chi connectivity index (χ1n) is 6.68. The number of fused-ring (bicyclic) bond motifs is 1. The average molecular weight is 286 g/mol. The molecule has 0 N–H and O–H groups in total. The van der Waals surface area contributed by atoms with Crippen molar-refractivity contribution >= 4 is 11.9 Å². The molecule has 0 radical (unpaired) electrons. The summed E-state index contributed by atoms with van der Waals surface area (Å²) in [7, 11) is 1.29. The van der Waals surface area contributed by atoms with E-state index < -0.39 is 11.4 Å². The molecule has 1 aliphatic heterocycles. The number of hydrogen-bond donors (Lipinski definition) is 0. The molecular weight excluding hydrogens is 268 g/mol. The topological polar surface area (TPSA) is 70.4 Å². The Kier molecular flexibility index (Phi) is 3.50. The van der Waals surface area contributed by atoms with E-state index >= 15 is 0 Å². The lowest BCUT2D eigenvalue weighted by atomic mass is 9.83. The lowest BCUT2D eigenvalue weighted by Crippen LogP contribution is -2.44. The Bertz CT molecular complexity index is 629. The maximum Gasteiger partial charge on any atom is 0.337 e. The predicted octanol–water partition coefficient (Wildman–Crippen LogP) is 1.73. The van der Waals surface area contributed by atoms with Gasteiger partial charge in [0.05, 0.1) is 18.8 Å². The minimum atomic E-state index is -1.32. The molecule has 1 fully saturated rings. The molecule has 5 nitrogen and oxygen atoms in total. The van der Waals surface area contributed by atoms with Crippen LogP contribution in [-0.4, -0.2) is 36.0 Å². The van der Waals surface area contributed by atoms with E-state index in [1.807, 2.05) is 20.8 Å². The highest BCUT2D eigenvalue weighted by Gasteiger charge is 2.52. The highest BCUT2D eigenvalue weighted by Crippen LogP contribution is 2.42. The number of likely N-dealkylation sites (tertiary alicyclic amines) is 1. The van der Waals surface area contributed by atoms with Gasteiger partial charge in [-0.2, -0.15) is 5.26 Å². The third-order valence-electron chi connectivity index (χ3n) is 3.80. The van der Waals surface area contributed by atoms with Gasteiger partial charge in [-0.3, -0.25) is 4.79 Å². The molecule has 0 aromatic carbocycles. The summed E-state index contributed by atoms with van der Waals surface area (Å²) in [4.78, 5) is 26.0. The number of carbonyl (C=O) groups is 2. The number of rotatable bonds is 1. The van der Waals surface area contributed by atoms with Crippen molar-refractivity contribution in [3.63, 3.8) is 0 Å². The fourth-order valence-electron chi connectivity index (χ4n) is 2.49. The summed E-state index contributed by atoms with van der Waals surface area (Å²) in [5.41, 5.74) is -0.680. The second-order valence-corrected chi connectivity index (χ2v) is 6.12. The van der Waals surface area contributed by atoms with Crippen LogP contribution in [0.4, 0.5) is 0 Å². The van der Waals surface area contributed by atoms with Crippen molar-refractivity contribution in [3.05, 3.63) is 35.5 Å². The molecule has 110 valence electrons. The largest absolute Gasteiger partial charge is 0.465 e. The zero-order valence-electron chi connectivity index (χ0n) is 12.6. The van der Waals surface area contributed by atoms with Crippen molar-refractivity contribution in [2.24, 2.45) is 5.41 Å². The van der Waals surface area contributed by atoms with E-state index in [1.54, 1.807) is 17.1 Å². The molecule has 1 saturated heterocycles. The summed E-state index contributed by atoms with van der Waals surface area (Å²) in [6, 6.07) is 2.12. The van der Waals surface area contributed by atoms with Crippen LogP contribution in [0.2, 0.25) is 0 Å². The number of amides is 1. The van der Waals surface area contributed by atoms with Gasteiger partial charge in [0, 0.05) is 12.1 Å². The first kappa shape index (κ1) is 15.0. The quantitative estimate of drug-likeness (QED) is 0.688. The summed E-state index contributed by atoms with van der Waals surface area (Å²) < 4.78 is 4.67. The number of esters is 1. The molecule has 1 unspecified atom stereocenters. The van der Waals surface area contributed by atoms with Crippen LogP contribution in [0, 0.1) is 16.7 Å². The molecule has 21 heavy (non-hydrogen) atoms. The first-order chi connectivity index (χ1) is 9.76. The van der Waals surface area contributed by atoms with Crippen molar-refractivity contribution < 1.29 is 14.3 Å². The second kappa shape index (κ2) is 4.88. The van der Waals surface area contributed by atoms with Gasteiger partial charge in [-0.1, -0.05) is 6.08 Å². The van der Waals surface area contributed by atoms with Gasteiger partial charge < -0.3 is 9.64 Å². The molecule has 1 aliphatic carbocycles. The van der Waals surface area contributed by atoms with E-state index in [2.05, 4.69) is 10.8 Å². The SMILES string of the molecule is COC(=O)C1=CC=C2CN(C(C)(C)C)C(=O)C2(C#N)C=C1. The number of nitrogens with zero attached hydrogens (tertiary/aromatic N) is 2. The molecule has 2 rings (SSSR count). The van der Waals surface area contributed by atoms with Gasteiger partial charge in [0.2, 0.25) is 0 Å². The van der Waals surface area contributed by atoms with Crippen LogP contribution in [-0.2, 0) is 14.3 Å². The van der Waals surface area contributed by atoms with Crippen molar-refractivity contribution in [1.82, 2.24) is 4.90 Å². The maximum atomic E-state index is 12.7. The number of allylic oxidation sites excluding steroid dienone is 2. The van der Waals surface area contributed by atoms with E-state index in [0.29, 0.717) is 17.7 Å². The summed E-state index contributed by atoms with van der Waals surface area (Å²) in [6.45, 7) is 6.18.